The number of nitrogens with zero attached hydrogens (tertiary/aromatic N) is 3. The van der Waals surface area contributed by atoms with Gasteiger partial charge in [-0.15, -0.1) is 21.5 Å². The summed E-state index contributed by atoms with van der Waals surface area (Å²) >= 11 is 3.09. The maximum absolute atomic E-state index is 12.6. The third-order valence-electron chi connectivity index (χ3n) is 4.18. The predicted octanol–water partition coefficient (Wildman–Crippen LogP) is 4.42. The van der Waals surface area contributed by atoms with Crippen molar-refractivity contribution in [3.63, 3.8) is 0 Å². The van der Waals surface area contributed by atoms with Crippen molar-refractivity contribution in [3.8, 4) is 0 Å². The molecule has 0 atom stereocenters. The van der Waals surface area contributed by atoms with Gasteiger partial charge in [0.25, 0.3) is 0 Å². The first kappa shape index (κ1) is 14.9. The lowest BCUT2D eigenvalue weighted by Crippen LogP contribution is -2.04. The van der Waals surface area contributed by atoms with Gasteiger partial charge in [-0.2, -0.15) is 0 Å². The third kappa shape index (κ3) is 2.70. The lowest BCUT2D eigenvalue weighted by atomic mass is 10.1. The normalized spacial score (nSPS) is 14.5. The number of ketones is 1. The molecule has 0 bridgehead atoms. The molecule has 2 heterocycles. The van der Waals surface area contributed by atoms with Gasteiger partial charge in [0.15, 0.2) is 10.9 Å². The second-order valence-electron chi connectivity index (χ2n) is 5.90. The van der Waals surface area contributed by atoms with Crippen LogP contribution in [0.5, 0.6) is 0 Å². The summed E-state index contributed by atoms with van der Waals surface area (Å²) in [4.78, 5) is 13.5. The summed E-state index contributed by atoms with van der Waals surface area (Å²) in [7, 11) is 0. The lowest BCUT2D eigenvalue weighted by molar-refractivity contribution is 0.102. The van der Waals surface area contributed by atoms with E-state index in [0.717, 1.165) is 21.4 Å². The number of Topliss-reactive ketones (excluding diaryl/α,β-unsaturated/α-hetero) is 1. The fraction of sp³-hybridized carbons (Fsp3) is 0.353. The number of hydrogen-bond acceptors (Lipinski definition) is 5. The molecule has 0 N–H and O–H groups in total. The third-order valence-corrected chi connectivity index (χ3v) is 6.43. The van der Waals surface area contributed by atoms with Gasteiger partial charge in [0.05, 0.1) is 10.6 Å². The van der Waals surface area contributed by atoms with Crippen molar-refractivity contribution in [2.24, 2.45) is 0 Å². The van der Waals surface area contributed by atoms with E-state index in [-0.39, 0.29) is 5.78 Å². The molecule has 1 saturated carbocycles. The maximum Gasteiger partial charge on any atom is 0.191 e. The number of aromatic nitrogens is 3. The number of hydrogen-bond donors (Lipinski definition) is 0. The van der Waals surface area contributed by atoms with Gasteiger partial charge in [-0.3, -0.25) is 4.79 Å². The summed E-state index contributed by atoms with van der Waals surface area (Å²) in [6.45, 7) is 4.01. The molecule has 1 aromatic carbocycles. The second kappa shape index (κ2) is 5.76. The Kier molecular flexibility index (Phi) is 3.73. The van der Waals surface area contributed by atoms with E-state index in [2.05, 4.69) is 26.9 Å². The van der Waals surface area contributed by atoms with Crippen molar-refractivity contribution in [1.29, 1.82) is 0 Å². The van der Waals surface area contributed by atoms with Gasteiger partial charge in [0, 0.05) is 10.7 Å². The van der Waals surface area contributed by atoms with E-state index in [4.69, 9.17) is 0 Å². The zero-order valence-corrected chi connectivity index (χ0v) is 14.7. The summed E-state index contributed by atoms with van der Waals surface area (Å²) < 4.78 is 3.35. The molecule has 118 valence electrons. The molecule has 23 heavy (non-hydrogen) atoms. The Morgan fingerprint density at radius 1 is 1.30 bits per heavy atom. The molecular formula is C17H17N3OS2. The average Bonchev–Trinajstić information content (AvgIpc) is 3.24. The van der Waals surface area contributed by atoms with Gasteiger partial charge in [-0.1, -0.05) is 30.0 Å². The lowest BCUT2D eigenvalue weighted by Gasteiger charge is -2.05. The van der Waals surface area contributed by atoms with Crippen LogP contribution in [-0.4, -0.2) is 26.3 Å². The number of thiophene rings is 1. The van der Waals surface area contributed by atoms with Crippen molar-refractivity contribution in [2.75, 3.05) is 5.75 Å². The van der Waals surface area contributed by atoms with E-state index in [1.807, 2.05) is 26.0 Å². The molecule has 3 aromatic rings. The van der Waals surface area contributed by atoms with Crippen LogP contribution in [-0.2, 0) is 0 Å². The molecule has 0 radical (unpaired) electrons. The fourth-order valence-electron chi connectivity index (χ4n) is 2.84. The number of carbonyl (C=O) groups is 1. The Balaban J connectivity index is 1.55. The first-order chi connectivity index (χ1) is 11.1. The molecule has 1 aliphatic carbocycles. The van der Waals surface area contributed by atoms with Gasteiger partial charge in [-0.05, 0) is 43.7 Å². The van der Waals surface area contributed by atoms with Crippen LogP contribution in [0.2, 0.25) is 0 Å². The number of rotatable bonds is 5. The van der Waals surface area contributed by atoms with Crippen molar-refractivity contribution in [1.82, 2.24) is 14.8 Å². The minimum atomic E-state index is 0.177. The molecule has 0 aliphatic heterocycles. The van der Waals surface area contributed by atoms with Crippen molar-refractivity contribution in [3.05, 3.63) is 40.5 Å². The molecular weight excluding hydrogens is 326 g/mol. The van der Waals surface area contributed by atoms with Crippen LogP contribution in [0.3, 0.4) is 0 Å². The van der Waals surface area contributed by atoms with Crippen LogP contribution in [0, 0.1) is 13.8 Å². The molecule has 4 rings (SSSR count). The minimum Gasteiger partial charge on any atom is -0.303 e. The molecule has 1 fully saturated rings. The molecule has 6 heteroatoms. The van der Waals surface area contributed by atoms with Crippen LogP contribution >= 0.6 is 23.1 Å². The smallest absolute Gasteiger partial charge is 0.191 e. The number of carbonyl (C=O) groups excluding carboxylic acids is 1. The quantitative estimate of drug-likeness (QED) is 0.508. The highest BCUT2D eigenvalue weighted by molar-refractivity contribution is 7.99. The zero-order chi connectivity index (χ0) is 16.0. The molecule has 0 unspecified atom stereocenters. The van der Waals surface area contributed by atoms with Crippen molar-refractivity contribution < 1.29 is 4.79 Å². The average molecular weight is 343 g/mol. The van der Waals surface area contributed by atoms with E-state index in [1.165, 1.54) is 34.7 Å². The van der Waals surface area contributed by atoms with Crippen molar-refractivity contribution >= 4 is 39.0 Å². The highest BCUT2D eigenvalue weighted by atomic mass is 32.2. The highest BCUT2D eigenvalue weighted by Crippen LogP contribution is 2.39. The molecule has 4 nitrogen and oxygen atoms in total. The molecule has 0 amide bonds. The Hall–Kier alpha value is -1.66. The van der Waals surface area contributed by atoms with Crippen LogP contribution in [0.15, 0.2) is 29.4 Å². The van der Waals surface area contributed by atoms with Gasteiger partial charge in [0.1, 0.15) is 5.82 Å². The van der Waals surface area contributed by atoms with E-state index in [0.29, 0.717) is 11.8 Å². The molecule has 0 saturated heterocycles. The van der Waals surface area contributed by atoms with Crippen LogP contribution in [0.1, 0.15) is 39.9 Å². The summed E-state index contributed by atoms with van der Waals surface area (Å²) in [6, 6.07) is 8.73. The molecule has 2 aromatic heterocycles. The Morgan fingerprint density at radius 2 is 2.09 bits per heavy atom. The van der Waals surface area contributed by atoms with E-state index in [9.17, 15) is 4.79 Å². The number of thioether (sulfide) groups is 1. The number of fused-ring (bicyclic) bond motifs is 1. The summed E-state index contributed by atoms with van der Waals surface area (Å²) in [5.74, 6) is 1.54. The Labute approximate surface area is 142 Å². The summed E-state index contributed by atoms with van der Waals surface area (Å²) in [5.41, 5.74) is 1.09. The predicted molar refractivity (Wildman–Crippen MR) is 94.6 cm³/mol. The first-order valence-electron chi connectivity index (χ1n) is 7.71. The number of aryl methyl sites for hydroxylation is 2. The molecule has 1 aliphatic rings. The first-order valence-corrected chi connectivity index (χ1v) is 9.51. The monoisotopic (exact) mass is 343 g/mol. The number of benzene rings is 1. The maximum atomic E-state index is 12.6. The van der Waals surface area contributed by atoms with Gasteiger partial charge < -0.3 is 4.57 Å². The summed E-state index contributed by atoms with van der Waals surface area (Å²) in [6.07, 6.45) is 2.38. The zero-order valence-electron chi connectivity index (χ0n) is 13.1. The topological polar surface area (TPSA) is 47.8 Å². The summed E-state index contributed by atoms with van der Waals surface area (Å²) in [5, 5.41) is 10.5. The van der Waals surface area contributed by atoms with Crippen LogP contribution in [0.25, 0.3) is 10.1 Å². The minimum absolute atomic E-state index is 0.177. The largest absolute Gasteiger partial charge is 0.303 e. The van der Waals surface area contributed by atoms with E-state index in [1.54, 1.807) is 11.3 Å². The Bertz CT molecular complexity index is 893. The fourth-order valence-corrected chi connectivity index (χ4v) is 5.00. The van der Waals surface area contributed by atoms with Gasteiger partial charge in [0.2, 0.25) is 0 Å². The van der Waals surface area contributed by atoms with Crippen molar-refractivity contribution in [2.45, 2.75) is 37.9 Å². The standard InChI is InChI=1S/C17H17N3OS2/c1-10-13-5-3-4-6-15(13)23-16(10)14(21)9-22-17-19-18-11(2)20(17)12-7-8-12/h3-6,12H,7-9H2,1-2H3. The highest BCUT2D eigenvalue weighted by Gasteiger charge is 2.28. The van der Waals surface area contributed by atoms with E-state index >= 15 is 0 Å². The SMILES string of the molecule is Cc1c(C(=O)CSc2nnc(C)n2C2CC2)sc2ccccc12. The van der Waals surface area contributed by atoms with E-state index < -0.39 is 0 Å². The van der Waals surface area contributed by atoms with Crippen LogP contribution < -0.4 is 0 Å². The van der Waals surface area contributed by atoms with Crippen LogP contribution in [0.4, 0.5) is 0 Å². The molecule has 0 spiro atoms. The van der Waals surface area contributed by atoms with Gasteiger partial charge in [-0.25, -0.2) is 0 Å². The second-order valence-corrected chi connectivity index (χ2v) is 7.89. The van der Waals surface area contributed by atoms with Gasteiger partial charge >= 0.3 is 0 Å². The Morgan fingerprint density at radius 3 is 2.83 bits per heavy atom.